The van der Waals surface area contributed by atoms with Gasteiger partial charge in [-0.15, -0.1) is 11.8 Å². The molecule has 1 amide bonds. The van der Waals surface area contributed by atoms with Gasteiger partial charge < -0.3 is 4.90 Å². The summed E-state index contributed by atoms with van der Waals surface area (Å²) in [6.45, 7) is 1.55. The van der Waals surface area contributed by atoms with E-state index >= 15 is 0 Å². The van der Waals surface area contributed by atoms with E-state index in [9.17, 15) is 13.2 Å². The Hall–Kier alpha value is -0.270. The van der Waals surface area contributed by atoms with E-state index in [1.165, 1.54) is 22.3 Å². The predicted molar refractivity (Wildman–Crippen MR) is 63.6 cm³/mol. The highest BCUT2D eigenvalue weighted by atomic mass is 32.2. The maximum absolute atomic E-state index is 12.1. The van der Waals surface area contributed by atoms with E-state index in [0.29, 0.717) is 11.6 Å². The molecular weight excluding hydrogens is 248 g/mol. The van der Waals surface area contributed by atoms with E-state index in [1.807, 2.05) is 0 Å². The number of amides is 1. The van der Waals surface area contributed by atoms with Crippen LogP contribution in [0, 0.1) is 0 Å². The highest BCUT2D eigenvalue weighted by molar-refractivity contribution is 8.00. The molecule has 2 saturated heterocycles. The van der Waals surface area contributed by atoms with Crippen LogP contribution in [0.5, 0.6) is 0 Å². The van der Waals surface area contributed by atoms with E-state index < -0.39 is 16.1 Å². The Kier molecular flexibility index (Phi) is 3.46. The van der Waals surface area contributed by atoms with E-state index in [0.717, 1.165) is 25.9 Å². The molecule has 2 aliphatic rings. The number of carbonyl (C=O) groups excluding carboxylic acids is 1. The molecule has 16 heavy (non-hydrogen) atoms. The summed E-state index contributed by atoms with van der Waals surface area (Å²) in [6.07, 6.45) is 3.23. The maximum atomic E-state index is 12.1. The van der Waals surface area contributed by atoms with Crippen molar-refractivity contribution in [3.8, 4) is 0 Å². The van der Waals surface area contributed by atoms with Gasteiger partial charge in [0, 0.05) is 18.8 Å². The number of sulfonamides is 1. The van der Waals surface area contributed by atoms with E-state index in [1.54, 1.807) is 4.90 Å². The summed E-state index contributed by atoms with van der Waals surface area (Å²) in [4.78, 5) is 13.9. The van der Waals surface area contributed by atoms with Crippen LogP contribution in [0.25, 0.3) is 0 Å². The monoisotopic (exact) mass is 264 g/mol. The van der Waals surface area contributed by atoms with E-state index in [4.69, 9.17) is 0 Å². The van der Waals surface area contributed by atoms with Crippen LogP contribution in [0.4, 0.5) is 0 Å². The lowest BCUT2D eigenvalue weighted by atomic mass is 10.3. The number of nitrogens with zero attached hydrogens (tertiary/aromatic N) is 2. The first-order chi connectivity index (χ1) is 7.50. The summed E-state index contributed by atoms with van der Waals surface area (Å²) in [7, 11) is -3.26. The van der Waals surface area contributed by atoms with Gasteiger partial charge in [0.1, 0.15) is 6.04 Å². The second kappa shape index (κ2) is 4.54. The molecule has 0 aliphatic carbocycles. The number of rotatable bonds is 2. The van der Waals surface area contributed by atoms with Gasteiger partial charge in [-0.05, 0) is 12.8 Å². The van der Waals surface area contributed by atoms with E-state index in [2.05, 4.69) is 0 Å². The van der Waals surface area contributed by atoms with Crippen LogP contribution in [0.3, 0.4) is 0 Å². The van der Waals surface area contributed by atoms with Gasteiger partial charge in [-0.1, -0.05) is 0 Å². The minimum atomic E-state index is -3.26. The van der Waals surface area contributed by atoms with Gasteiger partial charge in [0.15, 0.2) is 0 Å². The van der Waals surface area contributed by atoms with Crippen molar-refractivity contribution < 1.29 is 13.2 Å². The van der Waals surface area contributed by atoms with Crippen LogP contribution in [0.1, 0.15) is 12.8 Å². The SMILES string of the molecule is CS(=O)(=O)N1CSCC1C(=O)N1CCCC1. The summed E-state index contributed by atoms with van der Waals surface area (Å²) >= 11 is 1.50. The zero-order chi connectivity index (χ0) is 11.8. The van der Waals surface area contributed by atoms with Crippen LogP contribution >= 0.6 is 11.8 Å². The first-order valence-corrected chi connectivity index (χ1v) is 8.34. The minimum Gasteiger partial charge on any atom is -0.341 e. The van der Waals surface area contributed by atoms with Crippen molar-refractivity contribution in [3.63, 3.8) is 0 Å². The molecule has 0 aromatic heterocycles. The molecule has 5 nitrogen and oxygen atoms in total. The van der Waals surface area contributed by atoms with Crippen LogP contribution in [-0.2, 0) is 14.8 Å². The Balaban J connectivity index is 2.10. The topological polar surface area (TPSA) is 57.7 Å². The first kappa shape index (κ1) is 12.2. The van der Waals surface area contributed by atoms with Crippen molar-refractivity contribution in [2.45, 2.75) is 18.9 Å². The normalized spacial score (nSPS) is 27.6. The third-order valence-electron chi connectivity index (χ3n) is 2.97. The van der Waals surface area contributed by atoms with Gasteiger partial charge in [-0.25, -0.2) is 8.42 Å². The molecule has 0 spiro atoms. The van der Waals surface area contributed by atoms with Gasteiger partial charge in [0.2, 0.25) is 15.9 Å². The fourth-order valence-corrected chi connectivity index (χ4v) is 4.82. The molecule has 2 aliphatic heterocycles. The average molecular weight is 264 g/mol. The lowest BCUT2D eigenvalue weighted by Crippen LogP contribution is -2.47. The Labute approximate surface area is 100 Å². The van der Waals surface area contributed by atoms with Crippen molar-refractivity contribution in [1.29, 1.82) is 0 Å². The first-order valence-electron chi connectivity index (χ1n) is 5.33. The van der Waals surface area contributed by atoms with Crippen LogP contribution in [0.15, 0.2) is 0 Å². The summed E-state index contributed by atoms with van der Waals surface area (Å²) < 4.78 is 24.3. The second-order valence-corrected chi connectivity index (χ2v) is 7.13. The lowest BCUT2D eigenvalue weighted by Gasteiger charge is -2.25. The molecule has 2 fully saturated rings. The lowest BCUT2D eigenvalue weighted by molar-refractivity contribution is -0.133. The summed E-state index contributed by atoms with van der Waals surface area (Å²) in [5.41, 5.74) is 0. The second-order valence-electron chi connectivity index (χ2n) is 4.20. The molecule has 7 heteroatoms. The third-order valence-corrected chi connectivity index (χ3v) is 5.38. The van der Waals surface area contributed by atoms with Gasteiger partial charge >= 0.3 is 0 Å². The van der Waals surface area contributed by atoms with Crippen molar-refractivity contribution >= 4 is 27.7 Å². The molecular formula is C9H16N2O3S2. The Morgan fingerprint density at radius 2 is 1.94 bits per heavy atom. The van der Waals surface area contributed by atoms with E-state index in [-0.39, 0.29) is 5.91 Å². The van der Waals surface area contributed by atoms with Gasteiger partial charge in [0.25, 0.3) is 0 Å². The summed E-state index contributed by atoms with van der Waals surface area (Å²) in [5, 5.41) is 0. The predicted octanol–water partition coefficient (Wildman–Crippen LogP) is -0.0567. The fourth-order valence-electron chi connectivity index (χ4n) is 2.10. The molecule has 0 aromatic rings. The quantitative estimate of drug-likeness (QED) is 0.701. The molecule has 0 radical (unpaired) electrons. The van der Waals surface area contributed by atoms with Crippen LogP contribution in [-0.4, -0.2) is 60.5 Å². The van der Waals surface area contributed by atoms with Crippen molar-refractivity contribution in [2.75, 3.05) is 31.0 Å². The maximum Gasteiger partial charge on any atom is 0.241 e. The van der Waals surface area contributed by atoms with Crippen molar-refractivity contribution in [3.05, 3.63) is 0 Å². The highest BCUT2D eigenvalue weighted by Crippen LogP contribution is 2.25. The number of thioether (sulfide) groups is 1. The van der Waals surface area contributed by atoms with Crippen molar-refractivity contribution in [1.82, 2.24) is 9.21 Å². The molecule has 0 saturated carbocycles. The Morgan fingerprint density at radius 3 is 2.50 bits per heavy atom. The largest absolute Gasteiger partial charge is 0.341 e. The molecule has 92 valence electrons. The zero-order valence-electron chi connectivity index (χ0n) is 9.26. The number of likely N-dealkylation sites (tertiary alicyclic amines) is 1. The molecule has 1 atom stereocenters. The molecule has 0 N–H and O–H groups in total. The molecule has 2 rings (SSSR count). The van der Waals surface area contributed by atoms with Gasteiger partial charge in [0.05, 0.1) is 12.1 Å². The molecule has 0 bridgehead atoms. The molecule has 2 heterocycles. The van der Waals surface area contributed by atoms with Crippen LogP contribution < -0.4 is 0 Å². The average Bonchev–Trinajstić information content (AvgIpc) is 2.87. The highest BCUT2D eigenvalue weighted by Gasteiger charge is 2.39. The fraction of sp³-hybridized carbons (Fsp3) is 0.889. The zero-order valence-corrected chi connectivity index (χ0v) is 10.9. The molecule has 1 unspecified atom stereocenters. The third kappa shape index (κ3) is 2.36. The standard InChI is InChI=1S/C9H16N2O3S2/c1-16(13,14)11-7-15-6-8(11)9(12)10-4-2-3-5-10/h8H,2-7H2,1H3. The summed E-state index contributed by atoms with van der Waals surface area (Å²) in [5.74, 6) is 0.971. The van der Waals surface area contributed by atoms with Crippen molar-refractivity contribution in [2.24, 2.45) is 0 Å². The number of hydrogen-bond donors (Lipinski definition) is 0. The Bertz CT molecular complexity index is 376. The molecule has 0 aromatic carbocycles. The number of hydrogen-bond acceptors (Lipinski definition) is 4. The summed E-state index contributed by atoms with van der Waals surface area (Å²) in [6, 6.07) is -0.474. The van der Waals surface area contributed by atoms with Crippen LogP contribution in [0.2, 0.25) is 0 Å². The smallest absolute Gasteiger partial charge is 0.241 e. The van der Waals surface area contributed by atoms with Gasteiger partial charge in [-0.2, -0.15) is 4.31 Å². The Morgan fingerprint density at radius 1 is 1.31 bits per heavy atom. The number of carbonyl (C=O) groups is 1. The minimum absolute atomic E-state index is 0.0204. The van der Waals surface area contributed by atoms with Gasteiger partial charge in [-0.3, -0.25) is 4.79 Å².